The number of hydrogen-bond acceptors (Lipinski definition) is 1. The zero-order valence-corrected chi connectivity index (χ0v) is 16.3. The van der Waals surface area contributed by atoms with Crippen molar-refractivity contribution in [3.05, 3.63) is 60.9 Å². The number of ether oxygens (including phenoxy) is 1. The van der Waals surface area contributed by atoms with Gasteiger partial charge in [0.25, 0.3) is 0 Å². The SMILES string of the molecule is COc1ccc(C(Br)c2cc(Br)ccc2Br)c(Br)c1. The Hall–Kier alpha value is 0.160. The maximum absolute atomic E-state index is 5.22. The number of hydrogen-bond donors (Lipinski definition) is 0. The molecule has 2 rings (SSSR count). The second-order valence-corrected chi connectivity index (χ2v) is 7.46. The summed E-state index contributed by atoms with van der Waals surface area (Å²) >= 11 is 14.4. The van der Waals surface area contributed by atoms with Gasteiger partial charge in [-0.05, 0) is 41.5 Å². The molecule has 0 aliphatic rings. The molecule has 0 aliphatic heterocycles. The molecule has 1 atom stereocenters. The first-order chi connectivity index (χ1) is 9.02. The summed E-state index contributed by atoms with van der Waals surface area (Å²) < 4.78 is 8.36. The van der Waals surface area contributed by atoms with E-state index < -0.39 is 0 Å². The molecule has 0 aromatic heterocycles. The summed E-state index contributed by atoms with van der Waals surface area (Å²) in [7, 11) is 1.66. The summed E-state index contributed by atoms with van der Waals surface area (Å²) in [6.45, 7) is 0. The number of halogens is 4. The number of benzene rings is 2. The lowest BCUT2D eigenvalue weighted by molar-refractivity contribution is 0.414. The van der Waals surface area contributed by atoms with E-state index in [0.717, 1.165) is 24.7 Å². The fraction of sp³-hybridized carbons (Fsp3) is 0.143. The van der Waals surface area contributed by atoms with Gasteiger partial charge in [0.05, 0.1) is 11.9 Å². The largest absolute Gasteiger partial charge is 0.497 e. The fourth-order valence-corrected chi connectivity index (χ4v) is 4.55. The van der Waals surface area contributed by atoms with E-state index in [4.69, 9.17) is 4.74 Å². The van der Waals surface area contributed by atoms with Gasteiger partial charge in [0, 0.05) is 13.4 Å². The zero-order valence-electron chi connectivity index (χ0n) is 9.96. The molecule has 0 amide bonds. The van der Waals surface area contributed by atoms with Gasteiger partial charge in [-0.25, -0.2) is 0 Å². The topological polar surface area (TPSA) is 9.23 Å². The van der Waals surface area contributed by atoms with Gasteiger partial charge in [-0.3, -0.25) is 0 Å². The molecule has 0 bridgehead atoms. The van der Waals surface area contributed by atoms with E-state index in [-0.39, 0.29) is 4.83 Å². The highest BCUT2D eigenvalue weighted by atomic mass is 79.9. The van der Waals surface area contributed by atoms with Crippen LogP contribution < -0.4 is 4.74 Å². The van der Waals surface area contributed by atoms with E-state index in [1.165, 1.54) is 5.56 Å². The Kier molecular flexibility index (Phi) is 5.52. The van der Waals surface area contributed by atoms with E-state index in [2.05, 4.69) is 75.9 Å². The predicted molar refractivity (Wildman–Crippen MR) is 93.3 cm³/mol. The minimum Gasteiger partial charge on any atom is -0.497 e. The Bertz CT molecular complexity index is 598. The van der Waals surface area contributed by atoms with E-state index in [1.807, 2.05) is 24.3 Å². The van der Waals surface area contributed by atoms with Gasteiger partial charge in [-0.15, -0.1) is 0 Å². The third kappa shape index (κ3) is 3.63. The molecule has 2 aromatic carbocycles. The molecular weight excluding hydrogens is 504 g/mol. The molecule has 0 N–H and O–H groups in total. The van der Waals surface area contributed by atoms with Crippen molar-refractivity contribution >= 4 is 63.7 Å². The molecule has 2 aromatic rings. The average Bonchev–Trinajstić information content (AvgIpc) is 2.40. The van der Waals surface area contributed by atoms with Crippen molar-refractivity contribution in [3.63, 3.8) is 0 Å². The molecule has 1 nitrogen and oxygen atoms in total. The molecule has 0 fully saturated rings. The first-order valence-corrected chi connectivity index (χ1v) is 8.75. The van der Waals surface area contributed by atoms with Crippen molar-refractivity contribution in [2.24, 2.45) is 0 Å². The van der Waals surface area contributed by atoms with Crippen LogP contribution in [0, 0.1) is 0 Å². The van der Waals surface area contributed by atoms with Crippen molar-refractivity contribution in [1.29, 1.82) is 0 Å². The van der Waals surface area contributed by atoms with Gasteiger partial charge in [-0.1, -0.05) is 69.8 Å². The molecule has 0 saturated heterocycles. The van der Waals surface area contributed by atoms with Crippen molar-refractivity contribution in [3.8, 4) is 5.75 Å². The molecule has 0 radical (unpaired) electrons. The molecule has 0 saturated carbocycles. The number of alkyl halides is 1. The van der Waals surface area contributed by atoms with Crippen LogP contribution in [0.1, 0.15) is 16.0 Å². The highest BCUT2D eigenvalue weighted by Crippen LogP contribution is 2.40. The standard InChI is InChI=1S/C14H10Br4O/c1-19-9-3-4-10(13(17)7-9)14(18)11-6-8(15)2-5-12(11)16/h2-7,14H,1H3. The van der Waals surface area contributed by atoms with Crippen LogP contribution >= 0.6 is 63.7 Å². The second-order valence-electron chi connectivity index (χ2n) is 3.92. The molecule has 5 heteroatoms. The van der Waals surface area contributed by atoms with E-state index in [9.17, 15) is 0 Å². The first kappa shape index (κ1) is 15.5. The Morgan fingerprint density at radius 3 is 2.26 bits per heavy atom. The third-order valence-corrected chi connectivity index (χ3v) is 5.60. The van der Waals surface area contributed by atoms with Crippen LogP contribution in [0.2, 0.25) is 0 Å². The third-order valence-electron chi connectivity index (χ3n) is 2.71. The molecule has 0 heterocycles. The molecule has 0 aliphatic carbocycles. The zero-order chi connectivity index (χ0) is 14.0. The van der Waals surface area contributed by atoms with Crippen LogP contribution in [-0.2, 0) is 0 Å². The van der Waals surface area contributed by atoms with Gasteiger partial charge in [0.2, 0.25) is 0 Å². The van der Waals surface area contributed by atoms with Crippen LogP contribution in [0.4, 0.5) is 0 Å². The van der Waals surface area contributed by atoms with Crippen molar-refractivity contribution in [2.45, 2.75) is 4.83 Å². The van der Waals surface area contributed by atoms with Crippen LogP contribution in [0.25, 0.3) is 0 Å². The lowest BCUT2D eigenvalue weighted by Crippen LogP contribution is -1.96. The van der Waals surface area contributed by atoms with Gasteiger partial charge >= 0.3 is 0 Å². The highest BCUT2D eigenvalue weighted by Gasteiger charge is 2.17. The monoisotopic (exact) mass is 510 g/mol. The lowest BCUT2D eigenvalue weighted by atomic mass is 10.0. The summed E-state index contributed by atoms with van der Waals surface area (Å²) in [5, 5.41) is 0. The van der Waals surface area contributed by atoms with Crippen molar-refractivity contribution in [2.75, 3.05) is 7.11 Å². The van der Waals surface area contributed by atoms with Gasteiger partial charge < -0.3 is 4.74 Å². The number of rotatable bonds is 3. The molecular formula is C14H10Br4O. The predicted octanol–water partition coefficient (Wildman–Crippen LogP) is 6.47. The van der Waals surface area contributed by atoms with Gasteiger partial charge in [0.15, 0.2) is 0 Å². The Balaban J connectivity index is 2.43. The summed E-state index contributed by atoms with van der Waals surface area (Å²) in [5.41, 5.74) is 2.32. The summed E-state index contributed by atoms with van der Waals surface area (Å²) in [4.78, 5) is 0.0969. The van der Waals surface area contributed by atoms with E-state index in [0.29, 0.717) is 0 Å². The first-order valence-electron chi connectivity index (χ1n) is 5.45. The van der Waals surface area contributed by atoms with Gasteiger partial charge in [-0.2, -0.15) is 0 Å². The molecule has 0 spiro atoms. The quantitative estimate of drug-likeness (QED) is 0.428. The minimum atomic E-state index is 0.0969. The van der Waals surface area contributed by atoms with Crippen LogP contribution in [0.15, 0.2) is 49.8 Å². The molecule has 19 heavy (non-hydrogen) atoms. The number of methoxy groups -OCH3 is 1. The van der Waals surface area contributed by atoms with Gasteiger partial charge in [0.1, 0.15) is 5.75 Å². The average molecular weight is 514 g/mol. The summed E-state index contributed by atoms with van der Waals surface area (Å²) in [6, 6.07) is 12.1. The van der Waals surface area contributed by atoms with E-state index >= 15 is 0 Å². The second kappa shape index (κ2) is 6.74. The van der Waals surface area contributed by atoms with Crippen LogP contribution in [0.5, 0.6) is 5.75 Å². The minimum absolute atomic E-state index is 0.0969. The van der Waals surface area contributed by atoms with Crippen molar-refractivity contribution < 1.29 is 4.74 Å². The molecule has 100 valence electrons. The maximum atomic E-state index is 5.22. The Morgan fingerprint density at radius 1 is 0.895 bits per heavy atom. The molecule has 1 unspecified atom stereocenters. The smallest absolute Gasteiger partial charge is 0.120 e. The van der Waals surface area contributed by atoms with Crippen molar-refractivity contribution in [1.82, 2.24) is 0 Å². The lowest BCUT2D eigenvalue weighted by Gasteiger charge is -2.15. The highest BCUT2D eigenvalue weighted by molar-refractivity contribution is 9.11. The van der Waals surface area contributed by atoms with Crippen LogP contribution in [-0.4, -0.2) is 7.11 Å². The van der Waals surface area contributed by atoms with Crippen LogP contribution in [0.3, 0.4) is 0 Å². The van der Waals surface area contributed by atoms with E-state index in [1.54, 1.807) is 7.11 Å². The Labute approximate surface area is 146 Å². The normalized spacial score (nSPS) is 12.3. The maximum Gasteiger partial charge on any atom is 0.120 e. The summed E-state index contributed by atoms with van der Waals surface area (Å²) in [5.74, 6) is 0.837. The Morgan fingerprint density at radius 2 is 1.63 bits per heavy atom. The fourth-order valence-electron chi connectivity index (χ4n) is 1.72. The summed E-state index contributed by atoms with van der Waals surface area (Å²) in [6.07, 6.45) is 0.